The molecule has 2 aromatic rings. The van der Waals surface area contributed by atoms with E-state index in [1.807, 2.05) is 30.3 Å². The Kier molecular flexibility index (Phi) is 4.94. The summed E-state index contributed by atoms with van der Waals surface area (Å²) in [6.07, 6.45) is 0. The van der Waals surface area contributed by atoms with Gasteiger partial charge < -0.3 is 0 Å². The smallest absolute Gasteiger partial charge is 0.207 e. The minimum atomic E-state index is -3.67. The zero-order chi connectivity index (χ0) is 15.6. The van der Waals surface area contributed by atoms with E-state index in [0.717, 1.165) is 5.56 Å². The van der Waals surface area contributed by atoms with Crippen molar-refractivity contribution < 1.29 is 8.42 Å². The highest BCUT2D eigenvalue weighted by molar-refractivity contribution is 7.89. The molecule has 0 unspecified atom stereocenters. The Hall–Kier alpha value is -1.07. The van der Waals surface area contributed by atoms with E-state index in [9.17, 15) is 8.42 Å². The quantitative estimate of drug-likeness (QED) is 0.897. The molecule has 0 spiro atoms. The van der Waals surface area contributed by atoms with Crippen LogP contribution < -0.4 is 4.72 Å². The third-order valence-corrected chi connectivity index (χ3v) is 5.54. The molecule has 0 fully saturated rings. The van der Waals surface area contributed by atoms with E-state index in [0.29, 0.717) is 10.6 Å². The maximum atomic E-state index is 12.5. The van der Waals surface area contributed by atoms with Crippen molar-refractivity contribution in [2.75, 3.05) is 0 Å². The van der Waals surface area contributed by atoms with Crippen molar-refractivity contribution in [3.8, 4) is 0 Å². The molecule has 1 atom stereocenters. The summed E-state index contributed by atoms with van der Waals surface area (Å²) in [4.78, 5) is 0.139. The third kappa shape index (κ3) is 3.77. The van der Waals surface area contributed by atoms with Gasteiger partial charge in [-0.05, 0) is 37.1 Å². The summed E-state index contributed by atoms with van der Waals surface area (Å²) in [5.41, 5.74) is 1.44. The topological polar surface area (TPSA) is 46.2 Å². The van der Waals surface area contributed by atoms with Crippen molar-refractivity contribution in [3.63, 3.8) is 0 Å². The predicted molar refractivity (Wildman–Crippen MR) is 86.4 cm³/mol. The maximum absolute atomic E-state index is 12.5. The Balaban J connectivity index is 2.33. The van der Waals surface area contributed by atoms with Crippen LogP contribution in [0.1, 0.15) is 24.1 Å². The van der Waals surface area contributed by atoms with Crippen LogP contribution in [0.15, 0.2) is 47.4 Å². The fraction of sp³-hybridized carbons (Fsp3) is 0.200. The lowest BCUT2D eigenvalue weighted by molar-refractivity contribution is 0.566. The molecule has 0 aliphatic heterocycles. The van der Waals surface area contributed by atoms with Gasteiger partial charge in [-0.1, -0.05) is 53.5 Å². The van der Waals surface area contributed by atoms with Gasteiger partial charge in [-0.3, -0.25) is 0 Å². The number of sulfonamides is 1. The van der Waals surface area contributed by atoms with Crippen LogP contribution in [-0.4, -0.2) is 8.42 Å². The van der Waals surface area contributed by atoms with Crippen LogP contribution in [0, 0.1) is 6.92 Å². The van der Waals surface area contributed by atoms with Gasteiger partial charge in [0.1, 0.15) is 0 Å². The average Bonchev–Trinajstić information content (AvgIpc) is 2.43. The lowest BCUT2D eigenvalue weighted by atomic mass is 10.1. The monoisotopic (exact) mass is 343 g/mol. The van der Waals surface area contributed by atoms with Crippen molar-refractivity contribution >= 4 is 33.2 Å². The van der Waals surface area contributed by atoms with E-state index in [1.54, 1.807) is 19.9 Å². The van der Waals surface area contributed by atoms with E-state index >= 15 is 0 Å². The molecule has 0 saturated carbocycles. The molecule has 112 valence electrons. The fourth-order valence-electron chi connectivity index (χ4n) is 2.02. The van der Waals surface area contributed by atoms with Gasteiger partial charge in [-0.2, -0.15) is 0 Å². The predicted octanol–water partition coefficient (Wildman–Crippen LogP) is 4.34. The van der Waals surface area contributed by atoms with Crippen molar-refractivity contribution in [1.82, 2.24) is 4.72 Å². The summed E-state index contributed by atoms with van der Waals surface area (Å²) in [5.74, 6) is 0. The van der Waals surface area contributed by atoms with Gasteiger partial charge in [0.05, 0.1) is 14.9 Å². The molecule has 2 rings (SSSR count). The van der Waals surface area contributed by atoms with E-state index in [1.165, 1.54) is 6.07 Å². The van der Waals surface area contributed by atoms with Crippen LogP contribution >= 0.6 is 23.2 Å². The minimum Gasteiger partial charge on any atom is -0.207 e. The highest BCUT2D eigenvalue weighted by Crippen LogP contribution is 2.28. The summed E-state index contributed by atoms with van der Waals surface area (Å²) in [7, 11) is -3.67. The summed E-state index contributed by atoms with van der Waals surface area (Å²) in [6, 6.07) is 11.9. The normalized spacial score (nSPS) is 13.1. The second kappa shape index (κ2) is 6.36. The lowest BCUT2D eigenvalue weighted by Crippen LogP contribution is -2.27. The highest BCUT2D eigenvalue weighted by Gasteiger charge is 2.21. The molecular weight excluding hydrogens is 329 g/mol. The number of aryl methyl sites for hydroxylation is 1. The first-order valence-electron chi connectivity index (χ1n) is 6.34. The van der Waals surface area contributed by atoms with E-state index < -0.39 is 10.0 Å². The number of hydrogen-bond acceptors (Lipinski definition) is 2. The van der Waals surface area contributed by atoms with Gasteiger partial charge in [-0.15, -0.1) is 0 Å². The Morgan fingerprint density at radius 1 is 1.05 bits per heavy atom. The van der Waals surface area contributed by atoms with E-state index in [2.05, 4.69) is 4.72 Å². The van der Waals surface area contributed by atoms with Gasteiger partial charge in [0, 0.05) is 6.04 Å². The SMILES string of the molecule is Cc1cc(Cl)c(Cl)cc1S(=O)(=O)N[C@@H](C)c1ccccc1. The minimum absolute atomic E-state index is 0.139. The molecule has 0 aliphatic carbocycles. The van der Waals surface area contributed by atoms with E-state index in [4.69, 9.17) is 23.2 Å². The van der Waals surface area contributed by atoms with Crippen LogP contribution in [0.3, 0.4) is 0 Å². The third-order valence-electron chi connectivity index (χ3n) is 3.14. The Bertz CT molecular complexity index is 746. The van der Waals surface area contributed by atoms with Crippen molar-refractivity contribution in [1.29, 1.82) is 0 Å². The van der Waals surface area contributed by atoms with Crippen molar-refractivity contribution in [3.05, 3.63) is 63.6 Å². The molecule has 0 saturated heterocycles. The number of benzene rings is 2. The Labute approximate surface area is 135 Å². The number of rotatable bonds is 4. The van der Waals surface area contributed by atoms with Crippen LogP contribution in [0.4, 0.5) is 0 Å². The first kappa shape index (κ1) is 16.3. The first-order valence-corrected chi connectivity index (χ1v) is 8.58. The van der Waals surface area contributed by atoms with Crippen molar-refractivity contribution in [2.45, 2.75) is 24.8 Å². The molecule has 6 heteroatoms. The molecule has 21 heavy (non-hydrogen) atoms. The molecule has 3 nitrogen and oxygen atoms in total. The molecule has 0 aliphatic rings. The second-order valence-corrected chi connectivity index (χ2v) is 7.28. The Morgan fingerprint density at radius 2 is 1.62 bits per heavy atom. The average molecular weight is 344 g/mol. The summed E-state index contributed by atoms with van der Waals surface area (Å²) < 4.78 is 27.6. The van der Waals surface area contributed by atoms with Crippen LogP contribution in [0.2, 0.25) is 10.0 Å². The number of nitrogens with one attached hydrogen (secondary N) is 1. The van der Waals surface area contributed by atoms with Crippen LogP contribution in [-0.2, 0) is 10.0 Å². The first-order chi connectivity index (χ1) is 9.81. The van der Waals surface area contributed by atoms with Gasteiger partial charge in [0.2, 0.25) is 10.0 Å². The van der Waals surface area contributed by atoms with Gasteiger partial charge >= 0.3 is 0 Å². The molecule has 2 aromatic carbocycles. The fourth-order valence-corrected chi connectivity index (χ4v) is 3.95. The lowest BCUT2D eigenvalue weighted by Gasteiger charge is -2.16. The molecule has 0 amide bonds. The molecular formula is C15H15Cl2NO2S. The summed E-state index contributed by atoms with van der Waals surface area (Å²) in [5, 5.41) is 0.555. The second-order valence-electron chi connectivity index (χ2n) is 4.79. The zero-order valence-electron chi connectivity index (χ0n) is 11.6. The number of halogens is 2. The molecule has 0 heterocycles. The van der Waals surface area contributed by atoms with E-state index in [-0.39, 0.29) is 16.0 Å². The van der Waals surface area contributed by atoms with Crippen molar-refractivity contribution in [2.24, 2.45) is 0 Å². The molecule has 1 N–H and O–H groups in total. The molecule has 0 bridgehead atoms. The summed E-state index contributed by atoms with van der Waals surface area (Å²) in [6.45, 7) is 3.48. The summed E-state index contributed by atoms with van der Waals surface area (Å²) >= 11 is 11.8. The standard InChI is InChI=1S/C15H15Cl2NO2S/c1-10-8-13(16)14(17)9-15(10)21(19,20)18-11(2)12-6-4-3-5-7-12/h3-9,11,18H,1-2H3/t11-/m0/s1. The van der Waals surface area contributed by atoms with Gasteiger partial charge in [0.25, 0.3) is 0 Å². The van der Waals surface area contributed by atoms with Gasteiger partial charge in [-0.25, -0.2) is 13.1 Å². The molecule has 0 aromatic heterocycles. The zero-order valence-corrected chi connectivity index (χ0v) is 13.9. The Morgan fingerprint density at radius 3 is 2.24 bits per heavy atom. The van der Waals surface area contributed by atoms with Crippen LogP contribution in [0.5, 0.6) is 0 Å². The largest absolute Gasteiger partial charge is 0.241 e. The van der Waals surface area contributed by atoms with Gasteiger partial charge in [0.15, 0.2) is 0 Å². The highest BCUT2D eigenvalue weighted by atomic mass is 35.5. The van der Waals surface area contributed by atoms with Crippen LogP contribution in [0.25, 0.3) is 0 Å². The molecule has 0 radical (unpaired) electrons. The maximum Gasteiger partial charge on any atom is 0.241 e. The number of hydrogen-bond donors (Lipinski definition) is 1.